The van der Waals surface area contributed by atoms with E-state index in [4.69, 9.17) is 0 Å². The van der Waals surface area contributed by atoms with Gasteiger partial charge in [-0.05, 0) is 12.5 Å². The van der Waals surface area contributed by atoms with Crippen molar-refractivity contribution < 1.29 is 9.53 Å². The summed E-state index contributed by atoms with van der Waals surface area (Å²) in [6.07, 6.45) is -0.402. The zero-order valence-electron chi connectivity index (χ0n) is 7.83. The number of amides is 1. The number of ether oxygens (including phenoxy) is 1. The van der Waals surface area contributed by atoms with Crippen LogP contribution in [0.2, 0.25) is 0 Å². The van der Waals surface area contributed by atoms with Crippen molar-refractivity contribution >= 4 is 6.09 Å². The van der Waals surface area contributed by atoms with Crippen LogP contribution in [0, 0.1) is 6.92 Å². The van der Waals surface area contributed by atoms with Crippen LogP contribution in [0.1, 0.15) is 18.6 Å². The summed E-state index contributed by atoms with van der Waals surface area (Å²) >= 11 is 0. The number of nitrogens with one attached hydrogen (secondary N) is 1. The Hall–Kier alpha value is -1.51. The fourth-order valence-electron chi connectivity index (χ4n) is 0.952. The van der Waals surface area contributed by atoms with Gasteiger partial charge in [0.25, 0.3) is 0 Å². The topological polar surface area (TPSA) is 38.3 Å². The van der Waals surface area contributed by atoms with Gasteiger partial charge in [-0.2, -0.15) is 0 Å². The lowest BCUT2D eigenvalue weighted by Gasteiger charge is -2.03. The number of aryl methyl sites for hydroxylation is 1. The fraction of sp³-hybridized carbons (Fsp3) is 0.364. The first-order chi connectivity index (χ1) is 6.22. The molecule has 0 spiro atoms. The summed E-state index contributed by atoms with van der Waals surface area (Å²) in [5, 5.41) is 2.61. The number of hydrogen-bond acceptors (Lipinski definition) is 2. The summed E-state index contributed by atoms with van der Waals surface area (Å²) in [6.45, 7) is 2.53. The second-order valence-corrected chi connectivity index (χ2v) is 2.83. The van der Waals surface area contributed by atoms with E-state index in [2.05, 4.69) is 10.1 Å². The van der Waals surface area contributed by atoms with Gasteiger partial charge in [0.2, 0.25) is 0 Å². The molecule has 1 rings (SSSR count). The quantitative estimate of drug-likeness (QED) is 0.787. The van der Waals surface area contributed by atoms with Crippen LogP contribution in [-0.4, -0.2) is 13.2 Å². The summed E-state index contributed by atoms with van der Waals surface area (Å²) in [7, 11) is 1.35. The second-order valence-electron chi connectivity index (χ2n) is 2.83. The molecule has 0 heterocycles. The average Bonchev–Trinajstić information content (AvgIpc) is 2.16. The minimum absolute atomic E-state index is 0. The standard InChI is InChI=1S/C10H13NO2.CH4/c1-8-3-5-9(6-4-8)7-11-10(12)13-2;/h3-6H,7H2,1-2H3,(H,11,12);1H4. The molecular weight excluding hydrogens is 178 g/mol. The lowest BCUT2D eigenvalue weighted by molar-refractivity contribution is 0.170. The van der Waals surface area contributed by atoms with Crippen LogP contribution in [0.25, 0.3) is 0 Å². The fourth-order valence-corrected chi connectivity index (χ4v) is 0.952. The minimum atomic E-state index is -0.402. The van der Waals surface area contributed by atoms with Crippen molar-refractivity contribution in [3.05, 3.63) is 35.4 Å². The Balaban J connectivity index is 0.00000169. The smallest absolute Gasteiger partial charge is 0.407 e. The van der Waals surface area contributed by atoms with Crippen LogP contribution >= 0.6 is 0 Å². The summed E-state index contributed by atoms with van der Waals surface area (Å²) < 4.78 is 4.45. The molecule has 0 saturated heterocycles. The maximum atomic E-state index is 10.7. The predicted molar refractivity (Wildman–Crippen MR) is 57.2 cm³/mol. The normalized spacial score (nSPS) is 8.71. The van der Waals surface area contributed by atoms with Crippen LogP contribution in [0.15, 0.2) is 24.3 Å². The van der Waals surface area contributed by atoms with E-state index in [1.54, 1.807) is 0 Å². The Morgan fingerprint density at radius 3 is 2.43 bits per heavy atom. The maximum Gasteiger partial charge on any atom is 0.407 e. The predicted octanol–water partition coefficient (Wildman–Crippen LogP) is 2.49. The first-order valence-corrected chi connectivity index (χ1v) is 4.09. The number of methoxy groups -OCH3 is 1. The molecule has 0 aliphatic rings. The molecule has 1 aromatic carbocycles. The van der Waals surface area contributed by atoms with E-state index < -0.39 is 6.09 Å². The highest BCUT2D eigenvalue weighted by atomic mass is 16.5. The minimum Gasteiger partial charge on any atom is -0.453 e. The van der Waals surface area contributed by atoms with Gasteiger partial charge in [0.15, 0.2) is 0 Å². The molecular formula is C11H17NO2. The summed E-state index contributed by atoms with van der Waals surface area (Å²) in [5.41, 5.74) is 2.28. The van der Waals surface area contributed by atoms with Gasteiger partial charge in [0.05, 0.1) is 7.11 Å². The third-order valence-electron chi connectivity index (χ3n) is 1.74. The SMILES string of the molecule is C.COC(=O)NCc1ccc(C)cc1. The van der Waals surface area contributed by atoms with Gasteiger partial charge in [0, 0.05) is 6.54 Å². The van der Waals surface area contributed by atoms with Gasteiger partial charge >= 0.3 is 6.09 Å². The van der Waals surface area contributed by atoms with E-state index >= 15 is 0 Å². The number of benzene rings is 1. The van der Waals surface area contributed by atoms with Crippen molar-refractivity contribution in [2.45, 2.75) is 20.9 Å². The molecule has 0 radical (unpaired) electrons. The zero-order chi connectivity index (χ0) is 9.68. The molecule has 14 heavy (non-hydrogen) atoms. The lowest BCUT2D eigenvalue weighted by Crippen LogP contribution is -2.22. The summed E-state index contributed by atoms with van der Waals surface area (Å²) in [5.74, 6) is 0. The third-order valence-corrected chi connectivity index (χ3v) is 1.74. The summed E-state index contributed by atoms with van der Waals surface area (Å²) in [6, 6.07) is 7.97. The molecule has 3 heteroatoms. The second kappa shape index (κ2) is 6.02. The molecule has 0 atom stereocenters. The Kier molecular flexibility index (Phi) is 5.37. The van der Waals surface area contributed by atoms with Crippen LogP contribution in [0.3, 0.4) is 0 Å². The van der Waals surface area contributed by atoms with E-state index in [0.29, 0.717) is 6.54 Å². The third kappa shape index (κ3) is 3.94. The van der Waals surface area contributed by atoms with Crippen molar-refractivity contribution in [2.24, 2.45) is 0 Å². The number of carbonyl (C=O) groups is 1. The molecule has 0 saturated carbocycles. The van der Waals surface area contributed by atoms with Crippen molar-refractivity contribution in [1.29, 1.82) is 0 Å². The molecule has 0 aliphatic heterocycles. The highest BCUT2D eigenvalue weighted by Crippen LogP contribution is 2.02. The van der Waals surface area contributed by atoms with E-state index in [-0.39, 0.29) is 7.43 Å². The highest BCUT2D eigenvalue weighted by Gasteiger charge is 1.97. The molecule has 0 aliphatic carbocycles. The lowest BCUT2D eigenvalue weighted by atomic mass is 10.1. The number of hydrogen-bond donors (Lipinski definition) is 1. The first kappa shape index (κ1) is 12.5. The molecule has 78 valence electrons. The van der Waals surface area contributed by atoms with Crippen LogP contribution < -0.4 is 5.32 Å². The van der Waals surface area contributed by atoms with Crippen molar-refractivity contribution in [3.63, 3.8) is 0 Å². The van der Waals surface area contributed by atoms with Crippen molar-refractivity contribution in [3.8, 4) is 0 Å². The number of carbonyl (C=O) groups excluding carboxylic acids is 1. The highest BCUT2D eigenvalue weighted by molar-refractivity contribution is 5.66. The van der Waals surface area contributed by atoms with Crippen LogP contribution in [-0.2, 0) is 11.3 Å². The van der Waals surface area contributed by atoms with Crippen LogP contribution in [0.5, 0.6) is 0 Å². The van der Waals surface area contributed by atoms with Gasteiger partial charge in [0.1, 0.15) is 0 Å². The summed E-state index contributed by atoms with van der Waals surface area (Å²) in [4.78, 5) is 10.7. The number of alkyl carbamates (subject to hydrolysis) is 1. The Labute approximate surface area is 85.1 Å². The molecule has 0 unspecified atom stereocenters. The van der Waals surface area contributed by atoms with Gasteiger partial charge in [-0.3, -0.25) is 0 Å². The van der Waals surface area contributed by atoms with E-state index in [9.17, 15) is 4.79 Å². The van der Waals surface area contributed by atoms with Gasteiger partial charge in [-0.1, -0.05) is 37.3 Å². The molecule has 1 amide bonds. The van der Waals surface area contributed by atoms with E-state index in [1.165, 1.54) is 12.7 Å². The first-order valence-electron chi connectivity index (χ1n) is 4.09. The van der Waals surface area contributed by atoms with Crippen molar-refractivity contribution in [2.75, 3.05) is 7.11 Å². The monoisotopic (exact) mass is 195 g/mol. The average molecular weight is 195 g/mol. The largest absolute Gasteiger partial charge is 0.453 e. The maximum absolute atomic E-state index is 10.7. The molecule has 1 N–H and O–H groups in total. The Morgan fingerprint density at radius 2 is 1.93 bits per heavy atom. The number of rotatable bonds is 2. The van der Waals surface area contributed by atoms with Gasteiger partial charge in [-0.15, -0.1) is 0 Å². The van der Waals surface area contributed by atoms with Crippen molar-refractivity contribution in [1.82, 2.24) is 5.32 Å². The molecule has 3 nitrogen and oxygen atoms in total. The Bertz CT molecular complexity index is 280. The zero-order valence-corrected chi connectivity index (χ0v) is 7.83. The van der Waals surface area contributed by atoms with Gasteiger partial charge in [-0.25, -0.2) is 4.79 Å². The molecule has 0 aromatic heterocycles. The van der Waals surface area contributed by atoms with E-state index in [0.717, 1.165) is 5.56 Å². The molecule has 1 aromatic rings. The van der Waals surface area contributed by atoms with Crippen LogP contribution in [0.4, 0.5) is 4.79 Å². The molecule has 0 fully saturated rings. The molecule has 0 bridgehead atoms. The Morgan fingerprint density at radius 1 is 1.36 bits per heavy atom. The van der Waals surface area contributed by atoms with Gasteiger partial charge < -0.3 is 10.1 Å². The van der Waals surface area contributed by atoms with E-state index in [1.807, 2.05) is 31.2 Å².